The van der Waals surface area contributed by atoms with Crippen molar-refractivity contribution < 1.29 is 23.7 Å². The van der Waals surface area contributed by atoms with Crippen molar-refractivity contribution in [1.82, 2.24) is 15.4 Å². The van der Waals surface area contributed by atoms with Gasteiger partial charge in [0.2, 0.25) is 0 Å². The molecule has 146 valence electrons. The van der Waals surface area contributed by atoms with Crippen molar-refractivity contribution in [3.8, 4) is 28.5 Å². The highest BCUT2D eigenvalue weighted by atomic mass is 16.5. The highest BCUT2D eigenvalue weighted by Crippen LogP contribution is 2.32. The molecule has 1 aromatic heterocycles. The number of nitrogens with zero attached hydrogens (tertiary/aromatic N) is 2. The molecule has 0 radical (unpaired) electrons. The van der Waals surface area contributed by atoms with Crippen LogP contribution >= 0.6 is 0 Å². The Morgan fingerprint density at radius 1 is 1.00 bits per heavy atom. The van der Waals surface area contributed by atoms with E-state index >= 15 is 0 Å². The molecule has 28 heavy (non-hydrogen) atoms. The van der Waals surface area contributed by atoms with Gasteiger partial charge in [0, 0.05) is 5.56 Å². The number of hydrogen-bond acceptors (Lipinski definition) is 7. The van der Waals surface area contributed by atoms with Crippen LogP contribution < -0.4 is 14.2 Å². The van der Waals surface area contributed by atoms with Crippen molar-refractivity contribution in [2.24, 2.45) is 0 Å². The maximum Gasteiger partial charge on any atom is 0.361 e. The van der Waals surface area contributed by atoms with Crippen LogP contribution in [0.15, 0.2) is 48.5 Å². The SMILES string of the molecule is CCOC(=O)c1n[nH]nc1-c1ccc(OCCOc2ccccc2)c(OC)c1. The molecule has 0 saturated carbocycles. The number of esters is 1. The van der Waals surface area contributed by atoms with Crippen LogP contribution in [-0.2, 0) is 4.74 Å². The maximum absolute atomic E-state index is 12.0. The summed E-state index contributed by atoms with van der Waals surface area (Å²) in [7, 11) is 1.54. The van der Waals surface area contributed by atoms with Crippen LogP contribution in [0.1, 0.15) is 17.4 Å². The maximum atomic E-state index is 12.0. The van der Waals surface area contributed by atoms with Gasteiger partial charge in [-0.1, -0.05) is 18.2 Å². The minimum absolute atomic E-state index is 0.119. The van der Waals surface area contributed by atoms with E-state index < -0.39 is 5.97 Å². The predicted molar refractivity (Wildman–Crippen MR) is 102 cm³/mol. The van der Waals surface area contributed by atoms with Gasteiger partial charge in [-0.15, -0.1) is 5.10 Å². The second kappa shape index (κ2) is 9.40. The molecule has 8 heteroatoms. The van der Waals surface area contributed by atoms with E-state index in [2.05, 4.69) is 15.4 Å². The van der Waals surface area contributed by atoms with Gasteiger partial charge in [0.15, 0.2) is 17.2 Å². The molecule has 1 heterocycles. The summed E-state index contributed by atoms with van der Waals surface area (Å²) in [6.07, 6.45) is 0. The topological polar surface area (TPSA) is 95.6 Å². The Bertz CT molecular complexity index is 911. The Morgan fingerprint density at radius 2 is 1.79 bits per heavy atom. The Hall–Kier alpha value is -3.55. The molecular formula is C20H21N3O5. The minimum Gasteiger partial charge on any atom is -0.493 e. The molecule has 0 spiro atoms. The van der Waals surface area contributed by atoms with Crippen molar-refractivity contribution in [2.45, 2.75) is 6.92 Å². The lowest BCUT2D eigenvalue weighted by molar-refractivity contribution is 0.0520. The first-order valence-electron chi connectivity index (χ1n) is 8.80. The van der Waals surface area contributed by atoms with Crippen LogP contribution in [0.25, 0.3) is 11.3 Å². The zero-order valence-electron chi connectivity index (χ0n) is 15.7. The summed E-state index contributed by atoms with van der Waals surface area (Å²) in [6, 6.07) is 14.8. The van der Waals surface area contributed by atoms with Gasteiger partial charge in [-0.05, 0) is 37.3 Å². The zero-order valence-corrected chi connectivity index (χ0v) is 15.7. The van der Waals surface area contributed by atoms with Crippen LogP contribution in [0.5, 0.6) is 17.2 Å². The van der Waals surface area contributed by atoms with Gasteiger partial charge in [0.05, 0.1) is 13.7 Å². The van der Waals surface area contributed by atoms with Crippen LogP contribution in [0, 0.1) is 0 Å². The Balaban J connectivity index is 1.67. The van der Waals surface area contributed by atoms with E-state index in [0.717, 1.165) is 5.75 Å². The van der Waals surface area contributed by atoms with Crippen molar-refractivity contribution in [3.05, 3.63) is 54.2 Å². The van der Waals surface area contributed by atoms with Gasteiger partial charge < -0.3 is 18.9 Å². The molecule has 0 fully saturated rings. The summed E-state index contributed by atoms with van der Waals surface area (Å²) >= 11 is 0. The van der Waals surface area contributed by atoms with Gasteiger partial charge in [0.1, 0.15) is 24.7 Å². The number of H-pyrrole nitrogens is 1. The third-order valence-electron chi connectivity index (χ3n) is 3.81. The zero-order chi connectivity index (χ0) is 19.8. The normalized spacial score (nSPS) is 10.4. The molecule has 8 nitrogen and oxygen atoms in total. The number of carbonyl (C=O) groups is 1. The first-order chi connectivity index (χ1) is 13.7. The van der Waals surface area contributed by atoms with Gasteiger partial charge in [-0.25, -0.2) is 4.79 Å². The molecule has 0 amide bonds. The Labute approximate surface area is 162 Å². The number of para-hydroxylation sites is 1. The molecule has 0 saturated heterocycles. The predicted octanol–water partition coefficient (Wildman–Crippen LogP) is 3.11. The summed E-state index contributed by atoms with van der Waals surface area (Å²) in [5.74, 6) is 1.31. The number of benzene rings is 2. The first kappa shape index (κ1) is 19.2. The molecule has 0 aliphatic rings. The van der Waals surface area contributed by atoms with E-state index in [1.807, 2.05) is 30.3 Å². The van der Waals surface area contributed by atoms with E-state index in [0.29, 0.717) is 36.0 Å². The molecular weight excluding hydrogens is 362 g/mol. The highest BCUT2D eigenvalue weighted by molar-refractivity contribution is 5.94. The number of hydrogen-bond donors (Lipinski definition) is 1. The van der Waals surface area contributed by atoms with Crippen molar-refractivity contribution in [1.29, 1.82) is 0 Å². The van der Waals surface area contributed by atoms with Gasteiger partial charge >= 0.3 is 5.97 Å². The molecule has 3 rings (SSSR count). The summed E-state index contributed by atoms with van der Waals surface area (Å²) in [5, 5.41) is 10.4. The van der Waals surface area contributed by atoms with Crippen molar-refractivity contribution >= 4 is 5.97 Å². The van der Waals surface area contributed by atoms with Crippen LogP contribution in [-0.4, -0.2) is 48.3 Å². The molecule has 1 N–H and O–H groups in total. The fourth-order valence-corrected chi connectivity index (χ4v) is 2.54. The van der Waals surface area contributed by atoms with Gasteiger partial charge in [-0.2, -0.15) is 10.3 Å². The Morgan fingerprint density at radius 3 is 2.54 bits per heavy atom. The summed E-state index contributed by atoms with van der Waals surface area (Å²) in [6.45, 7) is 2.73. The average Bonchev–Trinajstić information content (AvgIpc) is 3.22. The van der Waals surface area contributed by atoms with Crippen LogP contribution in [0.3, 0.4) is 0 Å². The molecule has 3 aromatic rings. The van der Waals surface area contributed by atoms with Crippen molar-refractivity contribution in [2.75, 3.05) is 26.9 Å². The number of ether oxygens (including phenoxy) is 4. The van der Waals surface area contributed by atoms with Crippen LogP contribution in [0.4, 0.5) is 0 Å². The molecule has 0 atom stereocenters. The number of nitrogens with one attached hydrogen (secondary N) is 1. The Kier molecular flexibility index (Phi) is 6.46. The summed E-state index contributed by atoms with van der Waals surface area (Å²) in [4.78, 5) is 12.0. The lowest BCUT2D eigenvalue weighted by atomic mass is 10.1. The fraction of sp³-hybridized carbons (Fsp3) is 0.250. The molecule has 0 aliphatic carbocycles. The second-order valence-corrected chi connectivity index (χ2v) is 5.62. The lowest BCUT2D eigenvalue weighted by Crippen LogP contribution is -2.09. The number of aromatic amines is 1. The van der Waals surface area contributed by atoms with E-state index in [9.17, 15) is 4.79 Å². The molecule has 0 bridgehead atoms. The summed E-state index contributed by atoms with van der Waals surface area (Å²) in [5.41, 5.74) is 1.16. The quantitative estimate of drug-likeness (QED) is 0.448. The standard InChI is InChI=1S/C20H21N3O5/c1-3-26-20(24)19-18(21-23-22-19)14-9-10-16(17(13-14)25-2)28-12-11-27-15-7-5-4-6-8-15/h4-10,13H,3,11-12H2,1-2H3,(H,21,22,23). The minimum atomic E-state index is -0.538. The molecule has 0 unspecified atom stereocenters. The van der Waals surface area contributed by atoms with E-state index in [1.165, 1.54) is 0 Å². The molecule has 0 aliphatic heterocycles. The monoisotopic (exact) mass is 383 g/mol. The number of carbonyl (C=O) groups excluding carboxylic acids is 1. The van der Waals surface area contributed by atoms with Crippen LogP contribution in [0.2, 0.25) is 0 Å². The van der Waals surface area contributed by atoms with E-state index in [-0.39, 0.29) is 12.3 Å². The first-order valence-corrected chi connectivity index (χ1v) is 8.80. The number of methoxy groups -OCH3 is 1. The average molecular weight is 383 g/mol. The summed E-state index contributed by atoms with van der Waals surface area (Å²) < 4.78 is 21.8. The van der Waals surface area contributed by atoms with Gasteiger partial charge in [-0.3, -0.25) is 0 Å². The third kappa shape index (κ3) is 4.59. The second-order valence-electron chi connectivity index (χ2n) is 5.62. The lowest BCUT2D eigenvalue weighted by Gasteiger charge is -2.12. The van der Waals surface area contributed by atoms with Gasteiger partial charge in [0.25, 0.3) is 0 Å². The van der Waals surface area contributed by atoms with E-state index in [1.54, 1.807) is 32.2 Å². The highest BCUT2D eigenvalue weighted by Gasteiger charge is 2.20. The largest absolute Gasteiger partial charge is 0.493 e. The fourth-order valence-electron chi connectivity index (χ4n) is 2.54. The third-order valence-corrected chi connectivity index (χ3v) is 3.81. The van der Waals surface area contributed by atoms with E-state index in [4.69, 9.17) is 18.9 Å². The number of aromatic nitrogens is 3. The smallest absolute Gasteiger partial charge is 0.361 e. The molecule has 2 aromatic carbocycles. The van der Waals surface area contributed by atoms with Crippen molar-refractivity contribution in [3.63, 3.8) is 0 Å². The number of rotatable bonds is 9.